The van der Waals surface area contributed by atoms with Gasteiger partial charge in [-0.15, -0.1) is 0 Å². The van der Waals surface area contributed by atoms with Crippen molar-refractivity contribution in [2.45, 2.75) is 39.3 Å². The van der Waals surface area contributed by atoms with Crippen LogP contribution < -0.4 is 5.32 Å². The lowest BCUT2D eigenvalue weighted by Gasteiger charge is -2.32. The van der Waals surface area contributed by atoms with Crippen LogP contribution in [0.5, 0.6) is 0 Å². The van der Waals surface area contributed by atoms with Crippen molar-refractivity contribution in [3.05, 3.63) is 71.4 Å². The van der Waals surface area contributed by atoms with Crippen molar-refractivity contribution in [1.82, 2.24) is 20.4 Å². The molecule has 2 aromatic heterocycles. The average Bonchev–Trinajstić information content (AvgIpc) is 3.08. The van der Waals surface area contributed by atoms with Gasteiger partial charge >= 0.3 is 0 Å². The van der Waals surface area contributed by atoms with Crippen molar-refractivity contribution in [1.29, 1.82) is 0 Å². The lowest BCUT2D eigenvalue weighted by Crippen LogP contribution is -2.44. The Balaban J connectivity index is 1.35. The number of piperidine rings is 1. The number of rotatable bonds is 5. The molecule has 0 atom stereocenters. The van der Waals surface area contributed by atoms with E-state index in [0.717, 1.165) is 55.1 Å². The molecule has 1 aliphatic rings. The number of nitrogens with one attached hydrogen (secondary N) is 1. The van der Waals surface area contributed by atoms with Gasteiger partial charge in [0.05, 0.1) is 11.3 Å². The number of likely N-dealkylation sites (tertiary alicyclic amines) is 1. The van der Waals surface area contributed by atoms with Crippen molar-refractivity contribution in [3.63, 3.8) is 0 Å². The van der Waals surface area contributed by atoms with E-state index in [-0.39, 0.29) is 11.9 Å². The third-order valence-corrected chi connectivity index (χ3v) is 5.49. The summed E-state index contributed by atoms with van der Waals surface area (Å²) in [4.78, 5) is 19.5. The van der Waals surface area contributed by atoms with E-state index in [1.807, 2.05) is 26.0 Å². The van der Waals surface area contributed by atoms with Crippen LogP contribution in [0.15, 0.2) is 53.3 Å². The smallest absolute Gasteiger partial charge is 0.253 e. The average molecular weight is 390 g/mol. The molecular weight excluding hydrogens is 364 g/mol. The zero-order valence-corrected chi connectivity index (χ0v) is 16.9. The zero-order valence-electron chi connectivity index (χ0n) is 16.9. The quantitative estimate of drug-likeness (QED) is 0.718. The maximum absolute atomic E-state index is 12.8. The summed E-state index contributed by atoms with van der Waals surface area (Å²) >= 11 is 0. The molecule has 1 aliphatic heterocycles. The summed E-state index contributed by atoms with van der Waals surface area (Å²) in [6.45, 7) is 6.69. The number of hydrogen-bond acceptors (Lipinski definition) is 5. The molecule has 0 spiro atoms. The number of carbonyl (C=O) groups excluding carboxylic acids is 1. The zero-order chi connectivity index (χ0) is 20.2. The molecule has 0 bridgehead atoms. The van der Waals surface area contributed by atoms with Gasteiger partial charge in [-0.1, -0.05) is 35.5 Å². The molecule has 1 saturated heterocycles. The fraction of sp³-hybridized carbons (Fsp3) is 0.348. The van der Waals surface area contributed by atoms with Gasteiger partial charge in [0.2, 0.25) is 0 Å². The number of nitrogens with zero attached hydrogens (tertiary/aromatic N) is 3. The number of benzene rings is 1. The molecule has 3 aromatic rings. The minimum Gasteiger partial charge on any atom is -0.361 e. The van der Waals surface area contributed by atoms with Crippen molar-refractivity contribution in [2.75, 3.05) is 13.1 Å². The first kappa shape index (κ1) is 19.3. The lowest BCUT2D eigenvalue weighted by molar-refractivity contribution is 0.0908. The van der Waals surface area contributed by atoms with Gasteiger partial charge in [-0.2, -0.15) is 0 Å². The minimum absolute atomic E-state index is 0.0763. The number of amides is 1. The minimum atomic E-state index is -0.0763. The molecule has 6 heteroatoms. The van der Waals surface area contributed by atoms with E-state index < -0.39 is 0 Å². The summed E-state index contributed by atoms with van der Waals surface area (Å²) in [5, 5.41) is 7.17. The highest BCUT2D eigenvalue weighted by Crippen LogP contribution is 2.26. The van der Waals surface area contributed by atoms with Crippen LogP contribution in [0.2, 0.25) is 0 Å². The summed E-state index contributed by atoms with van der Waals surface area (Å²) in [5.41, 5.74) is 4.45. The summed E-state index contributed by atoms with van der Waals surface area (Å²) in [5.74, 6) is 0.653. The van der Waals surface area contributed by atoms with Crippen LogP contribution >= 0.6 is 0 Å². The molecule has 4 rings (SSSR count). The molecule has 150 valence electrons. The molecule has 3 heterocycles. The fourth-order valence-electron chi connectivity index (χ4n) is 3.94. The molecular formula is C23H26N4O2. The molecule has 1 N–H and O–H groups in total. The molecule has 29 heavy (non-hydrogen) atoms. The van der Waals surface area contributed by atoms with E-state index in [0.29, 0.717) is 5.56 Å². The second kappa shape index (κ2) is 8.57. The number of carbonyl (C=O) groups is 1. The Morgan fingerprint density at radius 1 is 1.17 bits per heavy atom. The van der Waals surface area contributed by atoms with Crippen LogP contribution in [0, 0.1) is 13.8 Å². The highest BCUT2D eigenvalue weighted by atomic mass is 16.5. The van der Waals surface area contributed by atoms with Crippen molar-refractivity contribution in [2.24, 2.45) is 0 Å². The van der Waals surface area contributed by atoms with Gasteiger partial charge in [-0.05, 0) is 38.3 Å². The third-order valence-electron chi connectivity index (χ3n) is 5.49. The standard InChI is InChI=1S/C23H26N4O2/c1-16-22(17(2)29-26-16)19-12-20(14-24-13-19)23(28)25-21-8-10-27(11-9-21)15-18-6-4-3-5-7-18/h3-7,12-14,21H,8-11,15H2,1-2H3,(H,25,28). The summed E-state index contributed by atoms with van der Waals surface area (Å²) in [6.07, 6.45) is 5.26. The van der Waals surface area contributed by atoms with Gasteiger partial charge in [0.1, 0.15) is 5.76 Å². The normalized spacial score (nSPS) is 15.4. The lowest BCUT2D eigenvalue weighted by atomic mass is 10.0. The first-order valence-electron chi connectivity index (χ1n) is 10.1. The maximum Gasteiger partial charge on any atom is 0.253 e. The second-order valence-corrected chi connectivity index (χ2v) is 7.67. The Hall–Kier alpha value is -2.99. The Morgan fingerprint density at radius 2 is 1.93 bits per heavy atom. The van der Waals surface area contributed by atoms with Crippen LogP contribution in [0.3, 0.4) is 0 Å². The molecule has 0 aliphatic carbocycles. The number of aromatic nitrogens is 2. The van der Waals surface area contributed by atoms with Gasteiger partial charge in [0.25, 0.3) is 5.91 Å². The van der Waals surface area contributed by atoms with Crippen molar-refractivity contribution >= 4 is 5.91 Å². The van der Waals surface area contributed by atoms with E-state index in [1.165, 1.54) is 5.56 Å². The monoisotopic (exact) mass is 390 g/mol. The molecule has 1 fully saturated rings. The van der Waals surface area contributed by atoms with E-state index in [9.17, 15) is 4.79 Å². The van der Waals surface area contributed by atoms with E-state index in [1.54, 1.807) is 12.4 Å². The Kier molecular flexibility index (Phi) is 5.71. The first-order valence-corrected chi connectivity index (χ1v) is 10.1. The molecule has 6 nitrogen and oxygen atoms in total. The van der Waals surface area contributed by atoms with E-state index in [2.05, 4.69) is 44.6 Å². The van der Waals surface area contributed by atoms with E-state index in [4.69, 9.17) is 4.52 Å². The second-order valence-electron chi connectivity index (χ2n) is 7.67. The summed E-state index contributed by atoms with van der Waals surface area (Å²) in [6, 6.07) is 12.6. The third kappa shape index (κ3) is 4.54. The molecule has 0 radical (unpaired) electrons. The van der Waals surface area contributed by atoms with Gasteiger partial charge in [-0.3, -0.25) is 14.7 Å². The Morgan fingerprint density at radius 3 is 2.62 bits per heavy atom. The SMILES string of the molecule is Cc1noc(C)c1-c1cncc(C(=O)NC2CCN(Cc3ccccc3)CC2)c1. The predicted molar refractivity (Wildman–Crippen MR) is 111 cm³/mol. The van der Waals surface area contributed by atoms with Crippen LogP contribution in [0.4, 0.5) is 0 Å². The maximum atomic E-state index is 12.8. The molecule has 0 unspecified atom stereocenters. The molecule has 1 aromatic carbocycles. The molecule has 1 amide bonds. The first-order chi connectivity index (χ1) is 14.1. The van der Waals surface area contributed by atoms with E-state index >= 15 is 0 Å². The summed E-state index contributed by atoms with van der Waals surface area (Å²) in [7, 11) is 0. The van der Waals surface area contributed by atoms with Crippen molar-refractivity contribution < 1.29 is 9.32 Å². The summed E-state index contributed by atoms with van der Waals surface area (Å²) < 4.78 is 5.24. The Bertz CT molecular complexity index is 956. The number of pyridine rings is 1. The van der Waals surface area contributed by atoms with Gasteiger partial charge in [-0.25, -0.2) is 0 Å². The predicted octanol–water partition coefficient (Wildman–Crippen LogP) is 3.75. The van der Waals surface area contributed by atoms with Gasteiger partial charge in [0.15, 0.2) is 0 Å². The van der Waals surface area contributed by atoms with Crippen LogP contribution in [0.1, 0.15) is 40.2 Å². The van der Waals surface area contributed by atoms with Crippen LogP contribution in [0.25, 0.3) is 11.1 Å². The van der Waals surface area contributed by atoms with Gasteiger partial charge in [0, 0.05) is 49.2 Å². The largest absolute Gasteiger partial charge is 0.361 e. The van der Waals surface area contributed by atoms with Crippen LogP contribution in [-0.2, 0) is 6.54 Å². The van der Waals surface area contributed by atoms with Gasteiger partial charge < -0.3 is 9.84 Å². The van der Waals surface area contributed by atoms with Crippen molar-refractivity contribution in [3.8, 4) is 11.1 Å². The molecule has 0 saturated carbocycles. The Labute approximate surface area is 170 Å². The number of aryl methyl sites for hydroxylation is 2. The highest BCUT2D eigenvalue weighted by Gasteiger charge is 2.22. The van der Waals surface area contributed by atoms with Crippen LogP contribution in [-0.4, -0.2) is 40.1 Å². The highest BCUT2D eigenvalue weighted by molar-refractivity contribution is 5.95. The topological polar surface area (TPSA) is 71.3 Å². The fourth-order valence-corrected chi connectivity index (χ4v) is 3.94. The number of hydrogen-bond donors (Lipinski definition) is 1.